The molecular formula is C94H158NO8+. The first-order valence-electron chi connectivity index (χ1n) is 42.3. The number of carbonyl (C=O) groups excluding carboxylic acids is 2. The van der Waals surface area contributed by atoms with E-state index in [1.54, 1.807) is 0 Å². The van der Waals surface area contributed by atoms with Gasteiger partial charge in [0.2, 0.25) is 0 Å². The molecule has 0 saturated carbocycles. The van der Waals surface area contributed by atoms with Crippen LogP contribution in [0.5, 0.6) is 0 Å². The lowest BCUT2D eigenvalue weighted by atomic mass is 10.0. The van der Waals surface area contributed by atoms with E-state index in [-0.39, 0.29) is 32.2 Å². The largest absolute Gasteiger partial charge is 0.477 e. The summed E-state index contributed by atoms with van der Waals surface area (Å²) < 4.78 is 23.0. The SMILES string of the molecule is CC/C=C\C/C=C\C/C=C\C/C=C\C/C=C\C/C=C\C/C=C\C/C=C\C/C=C\C/C=C\C/C=C\CCCCCCCCCC(=O)OC(COC(=O)CCCCCCCCCCCCCCCCCCCCCCCC/C=C\C/C=C\C/C=C\CCCCCCC)COC(OCC[N+](C)(C)C)C(=O)O. The van der Waals surface area contributed by atoms with Crippen LogP contribution in [0.25, 0.3) is 0 Å². The van der Waals surface area contributed by atoms with Gasteiger partial charge in [-0.3, -0.25) is 9.59 Å². The zero-order valence-electron chi connectivity index (χ0n) is 67.2. The van der Waals surface area contributed by atoms with Crippen molar-refractivity contribution >= 4 is 17.9 Å². The number of nitrogens with zero attached hydrogens (tertiary/aromatic N) is 1. The summed E-state index contributed by atoms with van der Waals surface area (Å²) in [6, 6.07) is 0. The molecule has 9 nitrogen and oxygen atoms in total. The van der Waals surface area contributed by atoms with Gasteiger partial charge in [-0.1, -0.05) is 370 Å². The number of unbranched alkanes of at least 4 members (excludes halogenated alkanes) is 34. The first-order chi connectivity index (χ1) is 50.6. The standard InChI is InChI=1S/C94H157NO8/c1-6-8-10-12-14-16-18-20-22-24-26-28-30-32-34-36-38-40-42-44-45-46-47-49-51-53-55-57-59-61-63-65-67-69-71-73-75-77-79-81-83-85-92(97)103-90(89-102-94(93(98)99)100-87-86-95(3,4)5)88-101-91(96)84-82-80-78-76-74-72-70-68-66-64-62-60-58-56-54-52-50-48-43-41-39-37-35-33-31-29-27-25-23-21-19-17-15-13-11-9-7-2/h8,10,14,16,19-22,25-28,31-34,38,40,44-45,47,49,53,55,59,61,65,67,90,94H,6-7,9,11-13,15,17-18,23-24,29-30,35-37,39,41-43,46,48,50-52,54,56-58,60,62-64,66,68-89H2,1-5H3/p+1/b10-8-,16-14-,21-19-,22-20-,27-25-,28-26-,33-31-,34-32-,40-38-,45-44-,49-47-,55-53-,61-59-,67-65-. The number of carboxylic acid groups (broad SMARTS) is 1. The first kappa shape index (κ1) is 97.7. The van der Waals surface area contributed by atoms with Gasteiger partial charge in [-0.25, -0.2) is 4.79 Å². The van der Waals surface area contributed by atoms with Crippen molar-refractivity contribution in [2.45, 2.75) is 360 Å². The Bertz CT molecular complexity index is 2310. The summed E-state index contributed by atoms with van der Waals surface area (Å²) in [5, 5.41) is 9.78. The number of hydrogen-bond acceptors (Lipinski definition) is 7. The predicted octanol–water partition coefficient (Wildman–Crippen LogP) is 27.7. The van der Waals surface area contributed by atoms with Crippen LogP contribution in [-0.4, -0.2) is 87.4 Å². The van der Waals surface area contributed by atoms with Crippen LogP contribution in [0.15, 0.2) is 170 Å². The zero-order chi connectivity index (χ0) is 74.6. The Morgan fingerprint density at radius 1 is 0.301 bits per heavy atom. The van der Waals surface area contributed by atoms with Crippen molar-refractivity contribution in [2.24, 2.45) is 0 Å². The molecule has 1 N–H and O–H groups in total. The third-order valence-electron chi connectivity index (χ3n) is 18.0. The molecule has 2 unspecified atom stereocenters. The minimum atomic E-state index is -1.52. The van der Waals surface area contributed by atoms with Gasteiger partial charge in [0.25, 0.3) is 6.29 Å². The molecule has 0 aliphatic rings. The lowest BCUT2D eigenvalue weighted by molar-refractivity contribution is -0.870. The number of carboxylic acids is 1. The molecule has 0 spiro atoms. The summed E-state index contributed by atoms with van der Waals surface area (Å²) in [6.07, 6.45) is 121. The van der Waals surface area contributed by atoms with E-state index < -0.39 is 24.3 Å². The van der Waals surface area contributed by atoms with Gasteiger partial charge < -0.3 is 28.5 Å². The van der Waals surface area contributed by atoms with Gasteiger partial charge in [0.05, 0.1) is 34.4 Å². The lowest BCUT2D eigenvalue weighted by Gasteiger charge is -2.25. The van der Waals surface area contributed by atoms with E-state index in [0.29, 0.717) is 23.9 Å². The average molecular weight is 1430 g/mol. The van der Waals surface area contributed by atoms with Gasteiger partial charge in [0, 0.05) is 12.8 Å². The van der Waals surface area contributed by atoms with Gasteiger partial charge in [-0.05, 0) is 135 Å². The summed E-state index contributed by atoms with van der Waals surface area (Å²) in [5.41, 5.74) is 0. The fraction of sp³-hybridized carbons (Fsp3) is 0.670. The highest BCUT2D eigenvalue weighted by molar-refractivity contribution is 5.71. The van der Waals surface area contributed by atoms with Crippen LogP contribution >= 0.6 is 0 Å². The highest BCUT2D eigenvalue weighted by atomic mass is 16.7. The van der Waals surface area contributed by atoms with Gasteiger partial charge >= 0.3 is 17.9 Å². The van der Waals surface area contributed by atoms with Gasteiger partial charge in [0.1, 0.15) is 13.2 Å². The highest BCUT2D eigenvalue weighted by Crippen LogP contribution is 2.18. The number of carbonyl (C=O) groups is 3. The molecule has 0 aromatic heterocycles. The van der Waals surface area contributed by atoms with Crippen LogP contribution in [0.2, 0.25) is 0 Å². The maximum absolute atomic E-state index is 13.0. The molecule has 0 amide bonds. The van der Waals surface area contributed by atoms with Crippen molar-refractivity contribution in [3.63, 3.8) is 0 Å². The third kappa shape index (κ3) is 83.8. The van der Waals surface area contributed by atoms with E-state index in [2.05, 4.69) is 184 Å². The van der Waals surface area contributed by atoms with E-state index >= 15 is 0 Å². The fourth-order valence-electron chi connectivity index (χ4n) is 11.6. The molecule has 0 rings (SSSR count). The van der Waals surface area contributed by atoms with Gasteiger partial charge in [-0.2, -0.15) is 0 Å². The van der Waals surface area contributed by atoms with Crippen LogP contribution in [0.1, 0.15) is 348 Å². The second-order valence-corrected chi connectivity index (χ2v) is 29.1. The quantitative estimate of drug-likeness (QED) is 0.0211. The Morgan fingerprint density at radius 2 is 0.553 bits per heavy atom. The molecule has 9 heteroatoms. The number of quaternary nitrogens is 1. The molecule has 0 aliphatic heterocycles. The second-order valence-electron chi connectivity index (χ2n) is 29.1. The van der Waals surface area contributed by atoms with E-state index in [1.165, 1.54) is 186 Å². The molecule has 0 saturated heterocycles. The molecule has 103 heavy (non-hydrogen) atoms. The number of hydrogen-bond donors (Lipinski definition) is 1. The van der Waals surface area contributed by atoms with E-state index in [9.17, 15) is 19.5 Å². The minimum absolute atomic E-state index is 0.179. The monoisotopic (exact) mass is 1430 g/mol. The Labute approximate surface area is 635 Å². The molecule has 0 bridgehead atoms. The molecule has 586 valence electrons. The number of esters is 2. The van der Waals surface area contributed by atoms with Crippen LogP contribution in [0, 0.1) is 0 Å². The van der Waals surface area contributed by atoms with Gasteiger partial charge in [0.15, 0.2) is 6.10 Å². The Hall–Kier alpha value is -5.35. The Morgan fingerprint density at radius 3 is 0.825 bits per heavy atom. The van der Waals surface area contributed by atoms with E-state index in [1.807, 2.05) is 21.1 Å². The van der Waals surface area contributed by atoms with Gasteiger partial charge in [-0.15, -0.1) is 0 Å². The van der Waals surface area contributed by atoms with Crippen molar-refractivity contribution in [2.75, 3.05) is 47.5 Å². The number of rotatable bonds is 77. The summed E-state index contributed by atoms with van der Waals surface area (Å²) in [6.45, 7) is 4.75. The van der Waals surface area contributed by atoms with Crippen LogP contribution < -0.4 is 0 Å². The number of aliphatic carboxylic acids is 1. The highest BCUT2D eigenvalue weighted by Gasteiger charge is 2.25. The average Bonchev–Trinajstić information content (AvgIpc) is 1.01. The summed E-state index contributed by atoms with van der Waals surface area (Å²) in [5.74, 6) is -2.02. The topological polar surface area (TPSA) is 108 Å². The summed E-state index contributed by atoms with van der Waals surface area (Å²) >= 11 is 0. The Balaban J connectivity index is 4.08. The third-order valence-corrected chi connectivity index (χ3v) is 18.0. The maximum atomic E-state index is 13.0. The summed E-state index contributed by atoms with van der Waals surface area (Å²) in [4.78, 5) is 37.8. The lowest BCUT2D eigenvalue weighted by Crippen LogP contribution is -2.40. The first-order valence-corrected chi connectivity index (χ1v) is 42.3. The molecule has 2 atom stereocenters. The molecule has 0 aromatic carbocycles. The second kappa shape index (κ2) is 82.3. The number of allylic oxidation sites excluding steroid dienone is 28. The van der Waals surface area contributed by atoms with Crippen molar-refractivity contribution in [1.82, 2.24) is 0 Å². The van der Waals surface area contributed by atoms with Crippen molar-refractivity contribution in [3.8, 4) is 0 Å². The van der Waals surface area contributed by atoms with Crippen molar-refractivity contribution < 1.29 is 42.9 Å². The Kier molecular flexibility index (Phi) is 78.0. The maximum Gasteiger partial charge on any atom is 0.361 e. The molecule has 0 fully saturated rings. The van der Waals surface area contributed by atoms with E-state index in [4.69, 9.17) is 18.9 Å². The van der Waals surface area contributed by atoms with Crippen LogP contribution in [-0.2, 0) is 33.3 Å². The van der Waals surface area contributed by atoms with Crippen molar-refractivity contribution in [1.29, 1.82) is 0 Å². The predicted molar refractivity (Wildman–Crippen MR) is 446 cm³/mol. The molecular weight excluding hydrogens is 1270 g/mol. The molecule has 0 aliphatic carbocycles. The number of likely N-dealkylation sites (N-methyl/N-ethyl adjacent to an activating group) is 1. The minimum Gasteiger partial charge on any atom is -0.477 e. The normalized spacial score (nSPS) is 13.5. The summed E-state index contributed by atoms with van der Waals surface area (Å²) in [7, 11) is 5.98. The molecule has 0 heterocycles. The van der Waals surface area contributed by atoms with Crippen LogP contribution in [0.3, 0.4) is 0 Å². The molecule has 0 radical (unpaired) electrons. The van der Waals surface area contributed by atoms with Crippen LogP contribution in [0.4, 0.5) is 0 Å². The molecule has 0 aromatic rings. The zero-order valence-corrected chi connectivity index (χ0v) is 67.2. The number of ether oxygens (including phenoxy) is 4. The van der Waals surface area contributed by atoms with Crippen molar-refractivity contribution in [3.05, 3.63) is 170 Å². The van der Waals surface area contributed by atoms with E-state index in [0.717, 1.165) is 128 Å². The fourth-order valence-corrected chi connectivity index (χ4v) is 11.6. The smallest absolute Gasteiger partial charge is 0.361 e.